The number of aromatic nitrogens is 1. The van der Waals surface area contributed by atoms with Gasteiger partial charge in [-0.05, 0) is 30.1 Å². The van der Waals surface area contributed by atoms with E-state index in [1.165, 1.54) is 23.6 Å². The zero-order valence-corrected chi connectivity index (χ0v) is 9.02. The van der Waals surface area contributed by atoms with Crippen LogP contribution in [0.3, 0.4) is 0 Å². The Labute approximate surface area is 84.5 Å². The van der Waals surface area contributed by atoms with Gasteiger partial charge in [-0.3, -0.25) is 0 Å². The number of nitrogens with zero attached hydrogens (tertiary/aromatic N) is 1. The average molecular weight is 198 g/mol. The quantitative estimate of drug-likeness (QED) is 0.710. The van der Waals surface area contributed by atoms with Gasteiger partial charge < -0.3 is 10.3 Å². The summed E-state index contributed by atoms with van der Waals surface area (Å²) < 4.78 is 2.25. The van der Waals surface area contributed by atoms with Gasteiger partial charge in [-0.15, -0.1) is 0 Å². The van der Waals surface area contributed by atoms with E-state index in [1.807, 2.05) is 11.8 Å². The van der Waals surface area contributed by atoms with Crippen LogP contribution in [0.2, 0.25) is 0 Å². The van der Waals surface area contributed by atoms with Crippen LogP contribution in [0.1, 0.15) is 19.0 Å². The Hall–Kier alpha value is -0.410. The highest BCUT2D eigenvalue weighted by atomic mass is 32.2. The van der Waals surface area contributed by atoms with Crippen LogP contribution >= 0.6 is 11.8 Å². The zero-order chi connectivity index (χ0) is 9.52. The molecule has 0 bridgehead atoms. The number of rotatable bonds is 6. The van der Waals surface area contributed by atoms with Gasteiger partial charge in [-0.1, -0.05) is 6.92 Å². The van der Waals surface area contributed by atoms with Crippen molar-refractivity contribution in [2.24, 2.45) is 5.73 Å². The predicted octanol–water partition coefficient (Wildman–Crippen LogP) is 2.09. The van der Waals surface area contributed by atoms with Crippen molar-refractivity contribution >= 4 is 11.8 Å². The number of hydrogen-bond acceptors (Lipinski definition) is 2. The third kappa shape index (κ3) is 3.44. The normalized spacial score (nSPS) is 10.6. The van der Waals surface area contributed by atoms with Crippen molar-refractivity contribution < 1.29 is 0 Å². The summed E-state index contributed by atoms with van der Waals surface area (Å²) in [6.07, 6.45) is 3.35. The maximum atomic E-state index is 5.60. The van der Waals surface area contributed by atoms with E-state index in [1.54, 1.807) is 0 Å². The van der Waals surface area contributed by atoms with Crippen LogP contribution in [0, 0.1) is 0 Å². The lowest BCUT2D eigenvalue weighted by Crippen LogP contribution is -2.07. The first kappa shape index (κ1) is 10.7. The lowest BCUT2D eigenvalue weighted by molar-refractivity contribution is 0.654. The Bertz CT molecular complexity index is 233. The number of hydrogen-bond donors (Lipinski definition) is 1. The summed E-state index contributed by atoms with van der Waals surface area (Å²) >= 11 is 2.00. The number of nitrogens with two attached hydrogens (primary N) is 1. The number of thioether (sulfide) groups is 1. The summed E-state index contributed by atoms with van der Waals surface area (Å²) in [6, 6.07) is 4.15. The van der Waals surface area contributed by atoms with Crippen molar-refractivity contribution in [1.82, 2.24) is 4.57 Å². The van der Waals surface area contributed by atoms with Crippen LogP contribution in [0.15, 0.2) is 18.3 Å². The molecule has 1 aromatic rings. The second kappa shape index (κ2) is 6.11. The maximum absolute atomic E-state index is 5.60. The summed E-state index contributed by atoms with van der Waals surface area (Å²) in [5, 5.41) is 0. The van der Waals surface area contributed by atoms with Gasteiger partial charge in [0.15, 0.2) is 0 Å². The first-order valence-electron chi connectivity index (χ1n) is 4.80. The molecule has 74 valence electrons. The molecule has 0 atom stereocenters. The first-order valence-corrected chi connectivity index (χ1v) is 5.95. The Kier molecular flexibility index (Phi) is 5.01. The Morgan fingerprint density at radius 3 is 3.08 bits per heavy atom. The van der Waals surface area contributed by atoms with E-state index >= 15 is 0 Å². The van der Waals surface area contributed by atoms with E-state index in [0.717, 1.165) is 6.54 Å². The zero-order valence-electron chi connectivity index (χ0n) is 8.20. The van der Waals surface area contributed by atoms with Crippen LogP contribution in [0.4, 0.5) is 0 Å². The van der Waals surface area contributed by atoms with Crippen LogP contribution in [0.25, 0.3) is 0 Å². The molecule has 1 aromatic heterocycles. The molecule has 0 aliphatic carbocycles. The molecule has 0 saturated heterocycles. The van der Waals surface area contributed by atoms with Gasteiger partial charge in [0.1, 0.15) is 0 Å². The lowest BCUT2D eigenvalue weighted by atomic mass is 10.4. The topological polar surface area (TPSA) is 30.9 Å². The Balaban J connectivity index is 2.27. The minimum absolute atomic E-state index is 0.647. The number of aryl methyl sites for hydroxylation is 1. The smallest absolute Gasteiger partial charge is 0.0334 e. The molecule has 3 heteroatoms. The van der Waals surface area contributed by atoms with E-state index in [0.29, 0.717) is 6.54 Å². The fourth-order valence-corrected chi connectivity index (χ4v) is 1.96. The molecule has 0 aromatic carbocycles. The predicted molar refractivity (Wildman–Crippen MR) is 59.9 cm³/mol. The van der Waals surface area contributed by atoms with E-state index in [2.05, 4.69) is 29.8 Å². The van der Waals surface area contributed by atoms with Crippen LogP contribution in [-0.2, 0) is 13.1 Å². The summed E-state index contributed by atoms with van der Waals surface area (Å²) in [4.78, 5) is 0. The average Bonchev–Trinajstić information content (AvgIpc) is 2.60. The van der Waals surface area contributed by atoms with Crippen LogP contribution in [0.5, 0.6) is 0 Å². The molecule has 0 saturated carbocycles. The fourth-order valence-electron chi connectivity index (χ4n) is 1.33. The van der Waals surface area contributed by atoms with Crippen LogP contribution < -0.4 is 5.73 Å². The molecule has 0 aliphatic heterocycles. The van der Waals surface area contributed by atoms with E-state index in [9.17, 15) is 0 Å². The second-order valence-corrected chi connectivity index (χ2v) is 4.34. The largest absolute Gasteiger partial charge is 0.350 e. The van der Waals surface area contributed by atoms with Gasteiger partial charge in [0.2, 0.25) is 0 Å². The van der Waals surface area contributed by atoms with Crippen molar-refractivity contribution in [1.29, 1.82) is 0 Å². The molecule has 0 aliphatic rings. The van der Waals surface area contributed by atoms with Crippen molar-refractivity contribution in [3.8, 4) is 0 Å². The third-order valence-corrected chi connectivity index (χ3v) is 3.01. The van der Waals surface area contributed by atoms with Gasteiger partial charge in [0.05, 0.1) is 0 Å². The maximum Gasteiger partial charge on any atom is 0.0334 e. The molecule has 0 radical (unpaired) electrons. The molecule has 0 amide bonds. The summed E-state index contributed by atoms with van der Waals surface area (Å²) in [5.74, 6) is 2.47. The highest BCUT2D eigenvalue weighted by Crippen LogP contribution is 2.06. The fraction of sp³-hybridized carbons (Fsp3) is 0.600. The molecule has 13 heavy (non-hydrogen) atoms. The standard InChI is InChI=1S/C10H18N2S/c1-2-13-8-4-7-12-6-3-5-10(12)9-11/h3,5-6H,2,4,7-9,11H2,1H3. The van der Waals surface area contributed by atoms with Gasteiger partial charge in [-0.2, -0.15) is 11.8 Å². The molecular weight excluding hydrogens is 180 g/mol. The summed E-state index contributed by atoms with van der Waals surface area (Å²) in [5.41, 5.74) is 6.84. The van der Waals surface area contributed by atoms with Gasteiger partial charge >= 0.3 is 0 Å². The van der Waals surface area contributed by atoms with Crippen molar-refractivity contribution in [3.63, 3.8) is 0 Å². The van der Waals surface area contributed by atoms with Gasteiger partial charge in [-0.25, -0.2) is 0 Å². The van der Waals surface area contributed by atoms with Gasteiger partial charge in [0, 0.05) is 25.0 Å². The van der Waals surface area contributed by atoms with E-state index < -0.39 is 0 Å². The van der Waals surface area contributed by atoms with Crippen molar-refractivity contribution in [2.45, 2.75) is 26.4 Å². The monoisotopic (exact) mass is 198 g/mol. The molecule has 0 spiro atoms. The highest BCUT2D eigenvalue weighted by Gasteiger charge is 1.97. The molecule has 1 heterocycles. The van der Waals surface area contributed by atoms with Crippen molar-refractivity contribution in [2.75, 3.05) is 11.5 Å². The summed E-state index contributed by atoms with van der Waals surface area (Å²) in [6.45, 7) is 3.95. The molecule has 0 fully saturated rings. The summed E-state index contributed by atoms with van der Waals surface area (Å²) in [7, 11) is 0. The lowest BCUT2D eigenvalue weighted by Gasteiger charge is -2.06. The van der Waals surface area contributed by atoms with Crippen molar-refractivity contribution in [3.05, 3.63) is 24.0 Å². The molecule has 1 rings (SSSR count). The van der Waals surface area contributed by atoms with E-state index in [4.69, 9.17) is 5.73 Å². The van der Waals surface area contributed by atoms with Gasteiger partial charge in [0.25, 0.3) is 0 Å². The SMILES string of the molecule is CCSCCCn1cccc1CN. The molecule has 0 unspecified atom stereocenters. The Morgan fingerprint density at radius 2 is 2.38 bits per heavy atom. The molecule has 2 N–H and O–H groups in total. The highest BCUT2D eigenvalue weighted by molar-refractivity contribution is 7.99. The molecular formula is C10H18N2S. The minimum atomic E-state index is 0.647. The minimum Gasteiger partial charge on any atom is -0.350 e. The molecule has 2 nitrogen and oxygen atoms in total. The van der Waals surface area contributed by atoms with Crippen LogP contribution in [-0.4, -0.2) is 16.1 Å². The second-order valence-electron chi connectivity index (χ2n) is 2.95. The Morgan fingerprint density at radius 1 is 1.54 bits per heavy atom. The third-order valence-electron chi connectivity index (χ3n) is 2.02. The van der Waals surface area contributed by atoms with E-state index in [-0.39, 0.29) is 0 Å². The first-order chi connectivity index (χ1) is 6.38.